The average Bonchev–Trinajstić information content (AvgIpc) is 2.75. The lowest BCUT2D eigenvalue weighted by Gasteiger charge is -2.24. The Labute approximate surface area is 118 Å². The first kappa shape index (κ1) is 14.6. The van der Waals surface area contributed by atoms with Crippen LogP contribution >= 0.6 is 0 Å². The van der Waals surface area contributed by atoms with Crippen LogP contribution in [0.5, 0.6) is 0 Å². The highest BCUT2D eigenvalue weighted by Crippen LogP contribution is 2.33. The van der Waals surface area contributed by atoms with E-state index < -0.39 is 0 Å². The Morgan fingerprint density at radius 3 is 2.32 bits per heavy atom. The van der Waals surface area contributed by atoms with Gasteiger partial charge >= 0.3 is 0 Å². The third kappa shape index (κ3) is 4.67. The molecule has 1 aromatic heterocycles. The molecule has 0 amide bonds. The second-order valence-corrected chi connectivity index (χ2v) is 7.13. The van der Waals surface area contributed by atoms with Crippen LogP contribution < -0.4 is 0 Å². The first-order chi connectivity index (χ1) is 9.07. The van der Waals surface area contributed by atoms with Crippen molar-refractivity contribution in [3.63, 3.8) is 0 Å². The molecule has 0 spiro atoms. The van der Waals surface area contributed by atoms with E-state index in [9.17, 15) is 0 Å². The molecule has 0 aromatic carbocycles. The van der Waals surface area contributed by atoms with Crippen LogP contribution in [0.15, 0.2) is 12.5 Å². The van der Waals surface area contributed by atoms with E-state index in [1.807, 2.05) is 6.33 Å². The second kappa shape index (κ2) is 6.58. The lowest BCUT2D eigenvalue weighted by Crippen LogP contribution is -2.11. The van der Waals surface area contributed by atoms with Gasteiger partial charge in [-0.2, -0.15) is 0 Å². The highest BCUT2D eigenvalue weighted by Gasteiger charge is 2.19. The molecule has 19 heavy (non-hydrogen) atoms. The van der Waals surface area contributed by atoms with Crippen LogP contribution in [0.3, 0.4) is 0 Å². The molecule has 1 aliphatic rings. The third-order valence-electron chi connectivity index (χ3n) is 4.68. The zero-order chi connectivity index (χ0) is 13.7. The van der Waals surface area contributed by atoms with Gasteiger partial charge in [-0.15, -0.1) is 0 Å². The van der Waals surface area contributed by atoms with E-state index in [4.69, 9.17) is 0 Å². The van der Waals surface area contributed by atoms with Crippen LogP contribution in [0.1, 0.15) is 83.4 Å². The monoisotopic (exact) mass is 262 g/mol. The van der Waals surface area contributed by atoms with Gasteiger partial charge in [0, 0.05) is 12.2 Å². The van der Waals surface area contributed by atoms with Gasteiger partial charge in [0.1, 0.15) is 0 Å². The standard InChI is InChI=1S/C17H30N2/c1-15-13-19(14-18-15)16-9-5-4-7-11-17(2,3)12-8-6-10-16/h13-14,16H,4-12H2,1-3H3. The summed E-state index contributed by atoms with van der Waals surface area (Å²) < 4.78 is 2.36. The number of imidazole rings is 1. The van der Waals surface area contributed by atoms with Crippen molar-refractivity contribution in [2.24, 2.45) is 5.41 Å². The Morgan fingerprint density at radius 2 is 1.68 bits per heavy atom. The maximum atomic E-state index is 4.39. The molecule has 1 aliphatic carbocycles. The van der Waals surface area contributed by atoms with Gasteiger partial charge in [-0.3, -0.25) is 0 Å². The first-order valence-corrected chi connectivity index (χ1v) is 8.07. The quantitative estimate of drug-likeness (QED) is 0.673. The van der Waals surface area contributed by atoms with E-state index in [0.717, 1.165) is 5.69 Å². The van der Waals surface area contributed by atoms with Gasteiger partial charge in [-0.25, -0.2) is 4.98 Å². The minimum atomic E-state index is 0.561. The maximum Gasteiger partial charge on any atom is 0.0951 e. The van der Waals surface area contributed by atoms with Gasteiger partial charge in [-0.1, -0.05) is 46.0 Å². The predicted octanol–water partition coefficient (Wildman–Crippen LogP) is 5.28. The molecule has 1 atom stereocenters. The molecule has 2 heteroatoms. The molecule has 0 saturated heterocycles. The van der Waals surface area contributed by atoms with E-state index in [1.165, 1.54) is 57.8 Å². The summed E-state index contributed by atoms with van der Waals surface area (Å²) in [6.45, 7) is 6.98. The zero-order valence-corrected chi connectivity index (χ0v) is 13.0. The Morgan fingerprint density at radius 1 is 1.05 bits per heavy atom. The number of hydrogen-bond acceptors (Lipinski definition) is 1. The van der Waals surface area contributed by atoms with Crippen LogP contribution in [-0.4, -0.2) is 9.55 Å². The number of hydrogen-bond donors (Lipinski definition) is 0. The molecule has 1 fully saturated rings. The van der Waals surface area contributed by atoms with Crippen molar-refractivity contribution in [3.05, 3.63) is 18.2 Å². The van der Waals surface area contributed by atoms with Gasteiger partial charge in [0.25, 0.3) is 0 Å². The molecule has 1 heterocycles. The average molecular weight is 262 g/mol. The van der Waals surface area contributed by atoms with Gasteiger partial charge in [0.15, 0.2) is 0 Å². The first-order valence-electron chi connectivity index (χ1n) is 8.07. The Hall–Kier alpha value is -0.790. The zero-order valence-electron chi connectivity index (χ0n) is 13.0. The van der Waals surface area contributed by atoms with Gasteiger partial charge in [-0.05, 0) is 38.0 Å². The fourth-order valence-electron chi connectivity index (χ4n) is 3.35. The molecule has 0 N–H and O–H groups in total. The van der Waals surface area contributed by atoms with Crippen molar-refractivity contribution in [1.82, 2.24) is 9.55 Å². The van der Waals surface area contributed by atoms with Crippen LogP contribution in [0.4, 0.5) is 0 Å². The van der Waals surface area contributed by atoms with Gasteiger partial charge in [0.05, 0.1) is 12.0 Å². The van der Waals surface area contributed by atoms with Crippen molar-refractivity contribution in [1.29, 1.82) is 0 Å². The SMILES string of the molecule is Cc1cn(C2CCCCCC(C)(C)CCCC2)cn1. The van der Waals surface area contributed by atoms with Crippen LogP contribution in [0.2, 0.25) is 0 Å². The Balaban J connectivity index is 1.95. The number of nitrogens with zero attached hydrogens (tertiary/aromatic N) is 2. The molecule has 1 saturated carbocycles. The Bertz CT molecular complexity index is 378. The van der Waals surface area contributed by atoms with Crippen molar-refractivity contribution >= 4 is 0 Å². The normalized spacial score (nSPS) is 25.7. The second-order valence-electron chi connectivity index (χ2n) is 7.13. The molecule has 1 aromatic rings. The number of aryl methyl sites for hydroxylation is 1. The van der Waals surface area contributed by atoms with Gasteiger partial charge < -0.3 is 4.57 Å². The van der Waals surface area contributed by atoms with Crippen LogP contribution in [0.25, 0.3) is 0 Å². The van der Waals surface area contributed by atoms with E-state index in [1.54, 1.807) is 0 Å². The topological polar surface area (TPSA) is 17.8 Å². The maximum absolute atomic E-state index is 4.39. The van der Waals surface area contributed by atoms with E-state index in [0.29, 0.717) is 11.5 Å². The summed E-state index contributed by atoms with van der Waals surface area (Å²) in [5, 5.41) is 0. The third-order valence-corrected chi connectivity index (χ3v) is 4.68. The molecule has 0 aliphatic heterocycles. The van der Waals surface area contributed by atoms with Crippen molar-refractivity contribution in [2.75, 3.05) is 0 Å². The smallest absolute Gasteiger partial charge is 0.0951 e. The lowest BCUT2D eigenvalue weighted by atomic mass is 9.82. The summed E-state index contributed by atoms with van der Waals surface area (Å²) in [5.41, 5.74) is 1.71. The summed E-state index contributed by atoms with van der Waals surface area (Å²) in [4.78, 5) is 4.39. The summed E-state index contributed by atoms with van der Waals surface area (Å²) in [6, 6.07) is 0.683. The predicted molar refractivity (Wildman–Crippen MR) is 81.3 cm³/mol. The van der Waals surface area contributed by atoms with E-state index >= 15 is 0 Å². The number of aromatic nitrogens is 2. The molecule has 2 rings (SSSR count). The molecule has 1 unspecified atom stereocenters. The summed E-state index contributed by atoms with van der Waals surface area (Å²) in [7, 11) is 0. The van der Waals surface area contributed by atoms with Crippen molar-refractivity contribution < 1.29 is 0 Å². The summed E-state index contributed by atoms with van der Waals surface area (Å²) in [5.74, 6) is 0. The van der Waals surface area contributed by atoms with E-state index in [-0.39, 0.29) is 0 Å². The molecule has 108 valence electrons. The largest absolute Gasteiger partial charge is 0.334 e. The summed E-state index contributed by atoms with van der Waals surface area (Å²) in [6.07, 6.45) is 16.6. The molecule has 0 radical (unpaired) electrons. The van der Waals surface area contributed by atoms with Crippen LogP contribution in [0, 0.1) is 12.3 Å². The minimum absolute atomic E-state index is 0.561. The van der Waals surface area contributed by atoms with E-state index in [2.05, 4.69) is 36.5 Å². The van der Waals surface area contributed by atoms with Crippen LogP contribution in [-0.2, 0) is 0 Å². The molecular weight excluding hydrogens is 232 g/mol. The van der Waals surface area contributed by atoms with Gasteiger partial charge in [0.2, 0.25) is 0 Å². The summed E-state index contributed by atoms with van der Waals surface area (Å²) >= 11 is 0. The van der Waals surface area contributed by atoms with Crippen molar-refractivity contribution in [2.45, 2.75) is 84.6 Å². The molecular formula is C17H30N2. The highest BCUT2D eigenvalue weighted by atomic mass is 15.1. The van der Waals surface area contributed by atoms with Crippen molar-refractivity contribution in [3.8, 4) is 0 Å². The number of rotatable bonds is 1. The fraction of sp³-hybridized carbons (Fsp3) is 0.824. The minimum Gasteiger partial charge on any atom is -0.334 e. The Kier molecular flexibility index (Phi) is 5.06. The molecule has 2 nitrogen and oxygen atoms in total. The lowest BCUT2D eigenvalue weighted by molar-refractivity contribution is 0.285. The molecule has 0 bridgehead atoms. The fourth-order valence-corrected chi connectivity index (χ4v) is 3.35. The highest BCUT2D eigenvalue weighted by molar-refractivity contribution is 4.94.